The third-order valence-corrected chi connectivity index (χ3v) is 4.15. The summed E-state index contributed by atoms with van der Waals surface area (Å²) < 4.78 is 0. The van der Waals surface area contributed by atoms with Gasteiger partial charge in [0.15, 0.2) is 5.82 Å². The zero-order valence-electron chi connectivity index (χ0n) is 13.5. The first-order valence-corrected chi connectivity index (χ1v) is 8.17. The van der Waals surface area contributed by atoms with Gasteiger partial charge in [-0.15, -0.1) is 5.92 Å². The molecule has 0 spiro atoms. The van der Waals surface area contributed by atoms with Crippen molar-refractivity contribution in [1.82, 2.24) is 15.5 Å². The Hall–Kier alpha value is -3.00. The monoisotopic (exact) mass is 317 g/mol. The van der Waals surface area contributed by atoms with Gasteiger partial charge in [0.25, 0.3) is 0 Å². The van der Waals surface area contributed by atoms with E-state index in [1.807, 2.05) is 31.3 Å². The molecule has 4 rings (SSSR count). The molecule has 5 heteroatoms. The standard InChI is InChI=1S/C19H19N5/c1-2-6-15-12-20-18(14-7-4-3-5-8-14)22-19(15)21-17-11-16(23-24-17)13-9-10-13/h3-5,7-8,11-13,18,22H,9-10H2,1H3,(H2,21,23,24). The highest BCUT2D eigenvalue weighted by molar-refractivity contribution is 5.87. The smallest absolute Gasteiger partial charge is 0.153 e. The summed E-state index contributed by atoms with van der Waals surface area (Å²) in [6, 6.07) is 12.2. The van der Waals surface area contributed by atoms with Gasteiger partial charge in [-0.2, -0.15) is 5.10 Å². The summed E-state index contributed by atoms with van der Waals surface area (Å²) in [6.45, 7) is 1.82. The highest BCUT2D eigenvalue weighted by Crippen LogP contribution is 2.39. The number of nitrogens with zero attached hydrogens (tertiary/aromatic N) is 2. The Bertz CT molecular complexity index is 847. The normalized spacial score (nSPS) is 19.5. The molecule has 0 amide bonds. The van der Waals surface area contributed by atoms with Crippen molar-refractivity contribution in [3.8, 4) is 11.8 Å². The molecule has 5 nitrogen and oxygen atoms in total. The van der Waals surface area contributed by atoms with Gasteiger partial charge in [-0.25, -0.2) is 0 Å². The van der Waals surface area contributed by atoms with Crippen LogP contribution in [0.3, 0.4) is 0 Å². The molecule has 0 radical (unpaired) electrons. The van der Waals surface area contributed by atoms with E-state index >= 15 is 0 Å². The van der Waals surface area contributed by atoms with Crippen LogP contribution in [0.2, 0.25) is 0 Å². The van der Waals surface area contributed by atoms with Gasteiger partial charge in [0.2, 0.25) is 0 Å². The zero-order valence-corrected chi connectivity index (χ0v) is 13.5. The molecular formula is C19H19N5. The molecule has 2 heterocycles. The van der Waals surface area contributed by atoms with Crippen LogP contribution in [0.25, 0.3) is 0 Å². The van der Waals surface area contributed by atoms with Crippen molar-refractivity contribution in [2.45, 2.75) is 31.8 Å². The summed E-state index contributed by atoms with van der Waals surface area (Å²) in [7, 11) is 0. The largest absolute Gasteiger partial charge is 0.345 e. The van der Waals surface area contributed by atoms with Crippen LogP contribution in [0.1, 0.15) is 43.1 Å². The van der Waals surface area contributed by atoms with Crippen LogP contribution < -0.4 is 10.6 Å². The quantitative estimate of drug-likeness (QED) is 0.758. The van der Waals surface area contributed by atoms with E-state index in [1.54, 1.807) is 0 Å². The lowest BCUT2D eigenvalue weighted by Crippen LogP contribution is -2.29. The molecule has 2 aliphatic rings. The first-order valence-electron chi connectivity index (χ1n) is 8.17. The molecular weight excluding hydrogens is 298 g/mol. The van der Waals surface area contributed by atoms with E-state index in [9.17, 15) is 0 Å². The molecule has 1 atom stereocenters. The summed E-state index contributed by atoms with van der Waals surface area (Å²) >= 11 is 0. The third-order valence-electron chi connectivity index (χ3n) is 4.15. The number of H-pyrrole nitrogens is 1. The molecule has 1 unspecified atom stereocenters. The fourth-order valence-corrected chi connectivity index (χ4v) is 2.74. The number of aromatic nitrogens is 2. The van der Waals surface area contributed by atoms with Gasteiger partial charge in [0.05, 0.1) is 5.57 Å². The van der Waals surface area contributed by atoms with Crippen LogP contribution in [0.5, 0.6) is 0 Å². The summed E-state index contributed by atoms with van der Waals surface area (Å²) in [5.41, 5.74) is 3.14. The van der Waals surface area contributed by atoms with Gasteiger partial charge in [0, 0.05) is 23.9 Å². The van der Waals surface area contributed by atoms with Crippen molar-refractivity contribution in [3.05, 3.63) is 59.0 Å². The number of benzene rings is 1. The molecule has 0 saturated heterocycles. The Morgan fingerprint density at radius 2 is 2.04 bits per heavy atom. The average Bonchev–Trinajstić information content (AvgIpc) is 3.37. The van der Waals surface area contributed by atoms with E-state index in [1.165, 1.54) is 18.5 Å². The molecule has 1 aromatic carbocycles. The predicted molar refractivity (Wildman–Crippen MR) is 95.5 cm³/mol. The number of allylic oxidation sites excluding steroid dienone is 1. The second-order valence-corrected chi connectivity index (χ2v) is 6.01. The predicted octanol–water partition coefficient (Wildman–Crippen LogP) is 3.31. The van der Waals surface area contributed by atoms with Gasteiger partial charge in [0.1, 0.15) is 12.0 Å². The summed E-state index contributed by atoms with van der Waals surface area (Å²) in [5, 5.41) is 14.2. The number of aliphatic imine (C=N–C) groups is 1. The maximum absolute atomic E-state index is 4.57. The second-order valence-electron chi connectivity index (χ2n) is 6.01. The fraction of sp³-hybridized carbons (Fsp3) is 0.263. The van der Waals surface area contributed by atoms with Crippen molar-refractivity contribution in [3.63, 3.8) is 0 Å². The van der Waals surface area contributed by atoms with E-state index < -0.39 is 0 Å². The Kier molecular flexibility index (Phi) is 3.80. The molecule has 3 N–H and O–H groups in total. The minimum absolute atomic E-state index is 0.127. The number of hydrogen-bond donors (Lipinski definition) is 3. The second kappa shape index (κ2) is 6.25. The van der Waals surface area contributed by atoms with Crippen LogP contribution in [0.15, 0.2) is 52.8 Å². The molecule has 24 heavy (non-hydrogen) atoms. The topological polar surface area (TPSA) is 65.1 Å². The van der Waals surface area contributed by atoms with E-state index in [0.29, 0.717) is 5.92 Å². The SMILES string of the molecule is CC#CC1=C(Nc2cc(C3CC3)[nH]n2)NC(c2ccccc2)N=C1. The summed E-state index contributed by atoms with van der Waals surface area (Å²) in [5.74, 6) is 8.31. The van der Waals surface area contributed by atoms with E-state index in [-0.39, 0.29) is 6.17 Å². The number of rotatable bonds is 4. The molecule has 1 aliphatic carbocycles. The molecule has 1 fully saturated rings. The van der Waals surface area contributed by atoms with Crippen molar-refractivity contribution in [2.75, 3.05) is 5.32 Å². The lowest BCUT2D eigenvalue weighted by molar-refractivity contribution is 0.622. The molecule has 2 aromatic rings. The van der Waals surface area contributed by atoms with Gasteiger partial charge >= 0.3 is 0 Å². The fourth-order valence-electron chi connectivity index (χ4n) is 2.74. The van der Waals surface area contributed by atoms with Crippen molar-refractivity contribution in [1.29, 1.82) is 0 Å². The van der Waals surface area contributed by atoms with Gasteiger partial charge < -0.3 is 10.6 Å². The van der Waals surface area contributed by atoms with Crippen LogP contribution in [0, 0.1) is 11.8 Å². The van der Waals surface area contributed by atoms with Crippen molar-refractivity contribution >= 4 is 12.0 Å². The Labute approximate surface area is 141 Å². The average molecular weight is 317 g/mol. The van der Waals surface area contributed by atoms with Gasteiger partial charge in [-0.1, -0.05) is 36.3 Å². The van der Waals surface area contributed by atoms with Crippen LogP contribution in [-0.4, -0.2) is 16.4 Å². The van der Waals surface area contributed by atoms with Crippen LogP contribution in [0.4, 0.5) is 5.82 Å². The molecule has 1 aliphatic heterocycles. The maximum atomic E-state index is 4.57. The third kappa shape index (κ3) is 3.04. The molecule has 120 valence electrons. The van der Waals surface area contributed by atoms with E-state index in [2.05, 4.69) is 55.9 Å². The Morgan fingerprint density at radius 1 is 1.21 bits per heavy atom. The summed E-state index contributed by atoms with van der Waals surface area (Å²) in [4.78, 5) is 4.57. The van der Waals surface area contributed by atoms with Gasteiger partial charge in [-0.05, 0) is 25.3 Å². The number of nitrogens with one attached hydrogen (secondary N) is 3. The minimum Gasteiger partial charge on any atom is -0.345 e. The lowest BCUT2D eigenvalue weighted by atomic mass is 10.1. The summed E-state index contributed by atoms with van der Waals surface area (Å²) in [6.07, 6.45) is 4.19. The molecule has 1 saturated carbocycles. The Morgan fingerprint density at radius 3 is 2.79 bits per heavy atom. The first kappa shape index (κ1) is 14.6. The number of aromatic amines is 1. The van der Waals surface area contributed by atoms with Crippen molar-refractivity contribution < 1.29 is 0 Å². The minimum atomic E-state index is -0.127. The molecule has 0 bridgehead atoms. The van der Waals surface area contributed by atoms with Crippen LogP contribution >= 0.6 is 0 Å². The lowest BCUT2D eigenvalue weighted by Gasteiger charge is -2.23. The number of hydrogen-bond acceptors (Lipinski definition) is 4. The highest BCUT2D eigenvalue weighted by atomic mass is 15.3. The van der Waals surface area contributed by atoms with E-state index in [0.717, 1.165) is 22.8 Å². The highest BCUT2D eigenvalue weighted by Gasteiger charge is 2.26. The van der Waals surface area contributed by atoms with Crippen LogP contribution in [-0.2, 0) is 0 Å². The number of anilines is 1. The maximum Gasteiger partial charge on any atom is 0.153 e. The Balaban J connectivity index is 1.58. The first-order chi connectivity index (χ1) is 11.8. The zero-order chi connectivity index (χ0) is 16.4. The van der Waals surface area contributed by atoms with Gasteiger partial charge in [-0.3, -0.25) is 10.1 Å². The van der Waals surface area contributed by atoms with Crippen molar-refractivity contribution in [2.24, 2.45) is 4.99 Å². The van der Waals surface area contributed by atoms with E-state index in [4.69, 9.17) is 0 Å². The molecule has 1 aromatic heterocycles.